The first kappa shape index (κ1) is 18.0. The Hall–Kier alpha value is -3.79. The number of nitrogens with zero attached hydrogens (tertiary/aromatic N) is 1. The van der Waals surface area contributed by atoms with Gasteiger partial charge in [0.15, 0.2) is 11.5 Å². The van der Waals surface area contributed by atoms with E-state index in [1.807, 2.05) is 6.07 Å². The summed E-state index contributed by atoms with van der Waals surface area (Å²) in [7, 11) is 0. The van der Waals surface area contributed by atoms with Crippen molar-refractivity contribution in [1.29, 1.82) is 5.26 Å². The van der Waals surface area contributed by atoms with Gasteiger partial charge < -0.3 is 20.1 Å². The normalized spacial score (nSPS) is 12.7. The maximum Gasteiger partial charge on any atom is 0.266 e. The van der Waals surface area contributed by atoms with E-state index in [0.717, 1.165) is 0 Å². The highest BCUT2D eigenvalue weighted by Crippen LogP contribution is 2.31. The van der Waals surface area contributed by atoms with Gasteiger partial charge in [-0.05, 0) is 48.0 Å². The van der Waals surface area contributed by atoms with Crippen molar-refractivity contribution >= 4 is 29.3 Å². The summed E-state index contributed by atoms with van der Waals surface area (Å²) in [4.78, 5) is 23.4. The van der Waals surface area contributed by atoms with E-state index < -0.39 is 5.91 Å². The Kier molecular flexibility index (Phi) is 5.38. The van der Waals surface area contributed by atoms with Crippen LogP contribution in [0.2, 0.25) is 0 Å². The molecule has 3 rings (SSSR count). The molecule has 2 N–H and O–H groups in total. The van der Waals surface area contributed by atoms with Crippen LogP contribution >= 0.6 is 0 Å². The van der Waals surface area contributed by atoms with Crippen molar-refractivity contribution in [3.63, 3.8) is 0 Å². The summed E-state index contributed by atoms with van der Waals surface area (Å²) in [5.74, 6) is 0.516. The van der Waals surface area contributed by atoms with E-state index in [9.17, 15) is 14.9 Å². The molecule has 1 aliphatic heterocycles. The molecule has 0 aliphatic carbocycles. The maximum absolute atomic E-state index is 12.4. The van der Waals surface area contributed by atoms with E-state index >= 15 is 0 Å². The molecule has 0 spiro atoms. The predicted molar refractivity (Wildman–Crippen MR) is 100 cm³/mol. The highest BCUT2D eigenvalue weighted by atomic mass is 16.6. The van der Waals surface area contributed by atoms with E-state index in [-0.39, 0.29) is 11.5 Å². The third kappa shape index (κ3) is 4.64. The number of ether oxygens (including phenoxy) is 2. The molecule has 2 aromatic carbocycles. The van der Waals surface area contributed by atoms with Crippen LogP contribution < -0.4 is 20.1 Å². The molecule has 1 aliphatic rings. The number of nitriles is 1. The molecule has 2 amide bonds. The number of anilines is 2. The van der Waals surface area contributed by atoms with Crippen molar-refractivity contribution < 1.29 is 19.1 Å². The fourth-order valence-corrected chi connectivity index (χ4v) is 2.50. The van der Waals surface area contributed by atoms with Gasteiger partial charge in [-0.2, -0.15) is 5.26 Å². The minimum Gasteiger partial charge on any atom is -0.486 e. The quantitative estimate of drug-likeness (QED) is 0.642. The highest BCUT2D eigenvalue weighted by Gasteiger charge is 2.13. The van der Waals surface area contributed by atoms with Crippen molar-refractivity contribution in [3.05, 3.63) is 53.6 Å². The van der Waals surface area contributed by atoms with E-state index in [0.29, 0.717) is 41.7 Å². The Labute approximate surface area is 156 Å². The lowest BCUT2D eigenvalue weighted by atomic mass is 10.1. The molecule has 0 unspecified atom stereocenters. The number of fused-ring (bicyclic) bond motifs is 1. The number of carbonyl (C=O) groups is 2. The molecule has 0 fully saturated rings. The topological polar surface area (TPSA) is 100 Å². The predicted octanol–water partition coefficient (Wildman–Crippen LogP) is 2.96. The van der Waals surface area contributed by atoms with Crippen molar-refractivity contribution in [2.45, 2.75) is 6.92 Å². The fraction of sp³-hybridized carbons (Fsp3) is 0.150. The Morgan fingerprint density at radius 3 is 2.26 bits per heavy atom. The van der Waals surface area contributed by atoms with Gasteiger partial charge in [-0.3, -0.25) is 9.59 Å². The van der Waals surface area contributed by atoms with Crippen LogP contribution in [0.1, 0.15) is 12.5 Å². The van der Waals surface area contributed by atoms with E-state index in [1.165, 1.54) is 13.0 Å². The number of amides is 2. The lowest BCUT2D eigenvalue weighted by molar-refractivity contribution is -0.114. The van der Waals surface area contributed by atoms with Crippen molar-refractivity contribution in [2.24, 2.45) is 0 Å². The molecule has 0 radical (unpaired) electrons. The van der Waals surface area contributed by atoms with Crippen LogP contribution in [0, 0.1) is 11.3 Å². The maximum atomic E-state index is 12.4. The molecule has 27 heavy (non-hydrogen) atoms. The zero-order chi connectivity index (χ0) is 19.2. The van der Waals surface area contributed by atoms with Gasteiger partial charge in [0.25, 0.3) is 5.91 Å². The summed E-state index contributed by atoms with van der Waals surface area (Å²) >= 11 is 0. The average Bonchev–Trinajstić information content (AvgIpc) is 2.67. The van der Waals surface area contributed by atoms with E-state index in [2.05, 4.69) is 10.6 Å². The number of hydrogen-bond donors (Lipinski definition) is 2. The van der Waals surface area contributed by atoms with E-state index in [1.54, 1.807) is 42.5 Å². The lowest BCUT2D eigenvalue weighted by Crippen LogP contribution is -2.15. The Morgan fingerprint density at radius 1 is 1.00 bits per heavy atom. The second-order valence-corrected chi connectivity index (χ2v) is 5.79. The van der Waals surface area contributed by atoms with Gasteiger partial charge in [-0.1, -0.05) is 6.07 Å². The summed E-state index contributed by atoms with van der Waals surface area (Å²) in [5.41, 5.74) is 1.75. The Morgan fingerprint density at radius 2 is 1.63 bits per heavy atom. The van der Waals surface area contributed by atoms with Crippen molar-refractivity contribution in [3.8, 4) is 17.6 Å². The van der Waals surface area contributed by atoms with Crippen LogP contribution in [0.15, 0.2) is 48.0 Å². The summed E-state index contributed by atoms with van der Waals surface area (Å²) in [6.45, 7) is 2.37. The third-order valence-electron chi connectivity index (χ3n) is 3.71. The summed E-state index contributed by atoms with van der Waals surface area (Å²) < 4.78 is 11.0. The Bertz CT molecular complexity index is 943. The van der Waals surface area contributed by atoms with Gasteiger partial charge in [0.05, 0.1) is 0 Å². The molecule has 7 heteroatoms. The lowest BCUT2D eigenvalue weighted by Gasteiger charge is -2.18. The monoisotopic (exact) mass is 363 g/mol. The van der Waals surface area contributed by atoms with Gasteiger partial charge in [0.2, 0.25) is 5.91 Å². The molecule has 0 atom stereocenters. The standard InChI is InChI=1S/C20H17N3O4/c1-13(24)22-16-3-5-17(6-4-16)23-20(25)15(12-21)10-14-2-7-18-19(11-14)27-9-8-26-18/h2-7,10-11H,8-9H2,1H3,(H,22,24)(H,23,25)/b15-10+. The molecule has 0 bridgehead atoms. The molecule has 7 nitrogen and oxygen atoms in total. The molecule has 136 valence electrons. The SMILES string of the molecule is CC(=O)Nc1ccc(NC(=O)/C(C#N)=C/c2ccc3c(c2)OCCO3)cc1. The fourth-order valence-electron chi connectivity index (χ4n) is 2.50. The third-order valence-corrected chi connectivity index (χ3v) is 3.71. The number of rotatable bonds is 4. The van der Waals surface area contributed by atoms with Crippen LogP contribution in [-0.2, 0) is 9.59 Å². The second-order valence-electron chi connectivity index (χ2n) is 5.79. The number of nitrogens with one attached hydrogen (secondary N) is 2. The molecule has 0 saturated heterocycles. The summed E-state index contributed by atoms with van der Waals surface area (Å²) in [6, 6.07) is 13.7. The smallest absolute Gasteiger partial charge is 0.266 e. The summed E-state index contributed by atoms with van der Waals surface area (Å²) in [5, 5.41) is 14.6. The van der Waals surface area contributed by atoms with Gasteiger partial charge in [0.1, 0.15) is 24.9 Å². The first-order valence-electron chi connectivity index (χ1n) is 8.25. The largest absolute Gasteiger partial charge is 0.486 e. The average molecular weight is 363 g/mol. The van der Waals surface area contributed by atoms with Crippen LogP contribution in [0.25, 0.3) is 6.08 Å². The highest BCUT2D eigenvalue weighted by molar-refractivity contribution is 6.09. The molecule has 0 saturated carbocycles. The zero-order valence-electron chi connectivity index (χ0n) is 14.6. The molecular weight excluding hydrogens is 346 g/mol. The van der Waals surface area contributed by atoms with Crippen molar-refractivity contribution in [2.75, 3.05) is 23.8 Å². The first-order chi connectivity index (χ1) is 13.0. The van der Waals surface area contributed by atoms with Gasteiger partial charge >= 0.3 is 0 Å². The molecule has 2 aromatic rings. The minimum absolute atomic E-state index is 0.0439. The molecular formula is C20H17N3O4. The number of benzene rings is 2. The van der Waals surface area contributed by atoms with Crippen molar-refractivity contribution in [1.82, 2.24) is 0 Å². The van der Waals surface area contributed by atoms with Gasteiger partial charge in [-0.25, -0.2) is 0 Å². The van der Waals surface area contributed by atoms with Crippen LogP contribution in [0.5, 0.6) is 11.5 Å². The first-order valence-corrected chi connectivity index (χ1v) is 8.25. The van der Waals surface area contributed by atoms with Gasteiger partial charge in [0, 0.05) is 18.3 Å². The molecule has 1 heterocycles. The molecule has 0 aromatic heterocycles. The number of hydrogen-bond acceptors (Lipinski definition) is 5. The Balaban J connectivity index is 1.73. The summed E-state index contributed by atoms with van der Waals surface area (Å²) in [6.07, 6.45) is 1.49. The van der Waals surface area contributed by atoms with Crippen LogP contribution in [0.3, 0.4) is 0 Å². The van der Waals surface area contributed by atoms with Crippen LogP contribution in [-0.4, -0.2) is 25.0 Å². The zero-order valence-corrected chi connectivity index (χ0v) is 14.6. The van der Waals surface area contributed by atoms with E-state index in [4.69, 9.17) is 9.47 Å². The number of carbonyl (C=O) groups excluding carboxylic acids is 2. The van der Waals surface area contributed by atoms with Crippen LogP contribution in [0.4, 0.5) is 11.4 Å². The second kappa shape index (κ2) is 8.06. The van der Waals surface area contributed by atoms with Gasteiger partial charge in [-0.15, -0.1) is 0 Å². The minimum atomic E-state index is -0.528.